The number of carbonyl (C=O) groups excluding carboxylic acids is 2. The second-order valence-corrected chi connectivity index (χ2v) is 6.41. The van der Waals surface area contributed by atoms with E-state index in [0.29, 0.717) is 17.6 Å². The van der Waals surface area contributed by atoms with Crippen LogP contribution < -0.4 is 0 Å². The number of fused-ring (bicyclic) bond motifs is 3. The van der Waals surface area contributed by atoms with Crippen LogP contribution in [-0.4, -0.2) is 18.5 Å². The van der Waals surface area contributed by atoms with Crippen LogP contribution >= 0.6 is 0 Å². The van der Waals surface area contributed by atoms with Crippen LogP contribution in [0.5, 0.6) is 0 Å². The molecule has 124 valence electrons. The first-order valence-electron chi connectivity index (χ1n) is 8.12. The number of ether oxygens (including phenoxy) is 2. The van der Waals surface area contributed by atoms with Crippen molar-refractivity contribution in [3.05, 3.63) is 75.8 Å². The van der Waals surface area contributed by atoms with Crippen LogP contribution in [0.15, 0.2) is 46.8 Å². The average molecular weight is 334 g/mol. The lowest BCUT2D eigenvalue weighted by Gasteiger charge is -2.17. The largest absolute Gasteiger partial charge is 0.472 e. The molecule has 1 unspecified atom stereocenters. The van der Waals surface area contributed by atoms with Gasteiger partial charge in [0.25, 0.3) is 0 Å². The van der Waals surface area contributed by atoms with Crippen molar-refractivity contribution in [1.82, 2.24) is 0 Å². The summed E-state index contributed by atoms with van der Waals surface area (Å²) in [5.74, 6) is -0.659. The normalized spacial score (nSPS) is 20.8. The minimum Gasteiger partial charge on any atom is -0.472 e. The van der Waals surface area contributed by atoms with E-state index in [1.54, 1.807) is 12.5 Å². The number of benzene rings is 1. The lowest BCUT2D eigenvalue weighted by molar-refractivity contribution is -0.135. The lowest BCUT2D eigenvalue weighted by atomic mass is 9.86. The summed E-state index contributed by atoms with van der Waals surface area (Å²) in [6.07, 6.45) is 7.21. The molecule has 0 bridgehead atoms. The van der Waals surface area contributed by atoms with Crippen molar-refractivity contribution in [2.75, 3.05) is 6.61 Å². The highest BCUT2D eigenvalue weighted by Crippen LogP contribution is 2.43. The molecule has 2 aliphatic heterocycles. The highest BCUT2D eigenvalue weighted by atomic mass is 16.6. The summed E-state index contributed by atoms with van der Waals surface area (Å²) in [6, 6.07) is 3.66. The van der Waals surface area contributed by atoms with Gasteiger partial charge in [-0.05, 0) is 42.2 Å². The van der Waals surface area contributed by atoms with Gasteiger partial charge in [0.15, 0.2) is 6.10 Å². The Morgan fingerprint density at radius 3 is 2.84 bits per heavy atom. The fourth-order valence-electron chi connectivity index (χ4n) is 3.91. The van der Waals surface area contributed by atoms with Crippen LogP contribution in [0.2, 0.25) is 0 Å². The fourth-order valence-corrected chi connectivity index (χ4v) is 3.91. The number of hydrogen-bond donors (Lipinski definition) is 0. The molecular weight excluding hydrogens is 320 g/mol. The fraction of sp³-hybridized carbons (Fsp3) is 0.200. The van der Waals surface area contributed by atoms with E-state index in [-0.39, 0.29) is 18.5 Å². The van der Waals surface area contributed by atoms with E-state index in [1.807, 2.05) is 31.2 Å². The molecule has 0 radical (unpaired) electrons. The Bertz CT molecular complexity index is 992. The van der Waals surface area contributed by atoms with Crippen LogP contribution in [0.1, 0.15) is 44.3 Å². The molecule has 3 aliphatic rings. The van der Waals surface area contributed by atoms with Crippen LogP contribution in [0.25, 0.3) is 5.57 Å². The number of cyclic esters (lactones) is 2. The van der Waals surface area contributed by atoms with Crippen LogP contribution in [0.4, 0.5) is 0 Å². The number of hydrogen-bond acceptors (Lipinski definition) is 5. The summed E-state index contributed by atoms with van der Waals surface area (Å²) in [6.45, 7) is 2.24. The predicted octanol–water partition coefficient (Wildman–Crippen LogP) is 3.27. The molecule has 1 aromatic heterocycles. The minimum atomic E-state index is -0.450. The Labute approximate surface area is 143 Å². The second-order valence-electron chi connectivity index (χ2n) is 6.41. The molecule has 0 spiro atoms. The second kappa shape index (κ2) is 4.96. The molecule has 5 rings (SSSR count). The molecule has 0 saturated carbocycles. The van der Waals surface area contributed by atoms with Crippen molar-refractivity contribution in [3.8, 4) is 0 Å². The van der Waals surface area contributed by atoms with E-state index in [4.69, 9.17) is 13.9 Å². The maximum absolute atomic E-state index is 12.5. The molecule has 0 saturated heterocycles. The number of carbonyl (C=O) groups is 2. The van der Waals surface area contributed by atoms with Crippen LogP contribution in [0.3, 0.4) is 0 Å². The first-order valence-corrected chi connectivity index (χ1v) is 8.12. The van der Waals surface area contributed by atoms with Crippen LogP contribution in [-0.2, 0) is 20.7 Å². The summed E-state index contributed by atoms with van der Waals surface area (Å²) in [5.41, 5.74) is 6.70. The molecule has 5 nitrogen and oxygen atoms in total. The van der Waals surface area contributed by atoms with Gasteiger partial charge in [-0.2, -0.15) is 0 Å². The monoisotopic (exact) mass is 334 g/mol. The van der Waals surface area contributed by atoms with Crippen molar-refractivity contribution in [1.29, 1.82) is 0 Å². The van der Waals surface area contributed by atoms with Gasteiger partial charge < -0.3 is 13.9 Å². The van der Waals surface area contributed by atoms with E-state index in [2.05, 4.69) is 0 Å². The highest BCUT2D eigenvalue weighted by Gasteiger charge is 2.38. The molecular formula is C20H14O5. The topological polar surface area (TPSA) is 65.7 Å². The highest BCUT2D eigenvalue weighted by molar-refractivity contribution is 6.06. The maximum atomic E-state index is 12.5. The van der Waals surface area contributed by atoms with Gasteiger partial charge in [-0.15, -0.1) is 0 Å². The van der Waals surface area contributed by atoms with E-state index in [1.165, 1.54) is 0 Å². The Hall–Kier alpha value is -3.08. The summed E-state index contributed by atoms with van der Waals surface area (Å²) in [5, 5.41) is 0. The Morgan fingerprint density at radius 2 is 2.04 bits per heavy atom. The Balaban J connectivity index is 1.76. The van der Waals surface area contributed by atoms with E-state index in [9.17, 15) is 9.59 Å². The zero-order chi connectivity index (χ0) is 17.1. The van der Waals surface area contributed by atoms with Gasteiger partial charge in [0.2, 0.25) is 0 Å². The molecule has 2 aromatic rings. The first-order chi connectivity index (χ1) is 12.1. The van der Waals surface area contributed by atoms with Gasteiger partial charge in [0.05, 0.1) is 23.7 Å². The van der Waals surface area contributed by atoms with E-state index in [0.717, 1.165) is 33.4 Å². The van der Waals surface area contributed by atoms with E-state index < -0.39 is 6.10 Å². The van der Waals surface area contributed by atoms with Gasteiger partial charge in [0.1, 0.15) is 6.61 Å². The third kappa shape index (κ3) is 1.89. The molecule has 1 aliphatic carbocycles. The predicted molar refractivity (Wildman–Crippen MR) is 87.9 cm³/mol. The minimum absolute atomic E-state index is 0.240. The standard InChI is InChI=1S/C20H14O5/c1-10-12-3-2-4-13-16(9-24-19(13)21)14(12)7-15-17(10)18(25-20(15)22)11-5-6-23-8-11/h2,4-8,18H,3,9H2,1H3. The number of allylic oxidation sites excluding steroid dienone is 1. The Morgan fingerprint density at radius 1 is 1.16 bits per heavy atom. The van der Waals surface area contributed by atoms with Gasteiger partial charge >= 0.3 is 11.9 Å². The van der Waals surface area contributed by atoms with Crippen molar-refractivity contribution in [2.24, 2.45) is 0 Å². The SMILES string of the molecule is Cc1c2c(cc3c1C(c1ccoc1)OC3=O)C1=C(C=CC2)C(=O)OC1. The molecule has 0 amide bonds. The number of esters is 2. The molecule has 1 atom stereocenters. The van der Waals surface area contributed by atoms with Crippen molar-refractivity contribution >= 4 is 17.5 Å². The van der Waals surface area contributed by atoms with Gasteiger partial charge in [-0.3, -0.25) is 0 Å². The zero-order valence-corrected chi connectivity index (χ0v) is 13.5. The molecule has 5 heteroatoms. The molecule has 0 fully saturated rings. The Kier molecular flexibility index (Phi) is 2.83. The maximum Gasteiger partial charge on any atom is 0.339 e. The quantitative estimate of drug-likeness (QED) is 0.749. The van der Waals surface area contributed by atoms with Crippen molar-refractivity contribution in [3.63, 3.8) is 0 Å². The third-order valence-electron chi connectivity index (χ3n) is 5.14. The molecule has 25 heavy (non-hydrogen) atoms. The smallest absolute Gasteiger partial charge is 0.339 e. The number of furan rings is 1. The van der Waals surface area contributed by atoms with Gasteiger partial charge in [-0.1, -0.05) is 12.2 Å². The average Bonchev–Trinajstić information content (AvgIpc) is 3.28. The summed E-state index contributed by atoms with van der Waals surface area (Å²) >= 11 is 0. The molecule has 3 heterocycles. The van der Waals surface area contributed by atoms with Crippen molar-refractivity contribution in [2.45, 2.75) is 19.4 Å². The zero-order valence-electron chi connectivity index (χ0n) is 13.5. The molecule has 0 N–H and O–H groups in total. The number of rotatable bonds is 1. The summed E-state index contributed by atoms with van der Waals surface area (Å²) in [7, 11) is 0. The lowest BCUT2D eigenvalue weighted by Crippen LogP contribution is -2.05. The molecule has 1 aromatic carbocycles. The summed E-state index contributed by atoms with van der Waals surface area (Å²) < 4.78 is 15.9. The van der Waals surface area contributed by atoms with Crippen LogP contribution in [0, 0.1) is 6.92 Å². The summed E-state index contributed by atoms with van der Waals surface area (Å²) in [4.78, 5) is 24.4. The third-order valence-corrected chi connectivity index (χ3v) is 5.14. The van der Waals surface area contributed by atoms with Gasteiger partial charge in [0, 0.05) is 16.7 Å². The van der Waals surface area contributed by atoms with Gasteiger partial charge in [-0.25, -0.2) is 9.59 Å². The van der Waals surface area contributed by atoms with Crippen molar-refractivity contribution < 1.29 is 23.5 Å². The first kappa shape index (κ1) is 14.3. The van der Waals surface area contributed by atoms with E-state index >= 15 is 0 Å².